The molecule has 4 heteroatoms. The fraction of sp³-hybridized carbons (Fsp3) is 0.133. The van der Waals surface area contributed by atoms with Gasteiger partial charge in [0.2, 0.25) is 0 Å². The van der Waals surface area contributed by atoms with Crippen molar-refractivity contribution in [2.75, 3.05) is 5.32 Å². The summed E-state index contributed by atoms with van der Waals surface area (Å²) in [6, 6.07) is 9.31. The Kier molecular flexibility index (Phi) is 3.58. The molecule has 0 bridgehead atoms. The van der Waals surface area contributed by atoms with Crippen LogP contribution < -0.4 is 5.32 Å². The van der Waals surface area contributed by atoms with Gasteiger partial charge in [-0.15, -0.1) is 0 Å². The van der Waals surface area contributed by atoms with Crippen LogP contribution in [0.4, 0.5) is 5.69 Å². The molecule has 0 fully saturated rings. The Hall–Kier alpha value is -2.67. The minimum atomic E-state index is -0.318. The minimum absolute atomic E-state index is 0.285. The highest BCUT2D eigenvalue weighted by Gasteiger charge is 2.13. The molecule has 0 aliphatic rings. The van der Waals surface area contributed by atoms with Crippen LogP contribution in [0.15, 0.2) is 36.7 Å². The molecular weight excluding hydrogens is 238 g/mol. The second-order valence-electron chi connectivity index (χ2n) is 4.25. The Bertz CT molecular complexity index is 651. The quantitative estimate of drug-likeness (QED) is 0.892. The number of amides is 1. The van der Waals surface area contributed by atoms with Gasteiger partial charge in [0.15, 0.2) is 0 Å². The van der Waals surface area contributed by atoms with Gasteiger partial charge in [0.05, 0.1) is 11.1 Å². The van der Waals surface area contributed by atoms with Gasteiger partial charge in [0, 0.05) is 18.1 Å². The van der Waals surface area contributed by atoms with Crippen molar-refractivity contribution < 1.29 is 4.79 Å². The molecule has 94 valence electrons. The minimum Gasteiger partial charge on any atom is -0.321 e. The number of nitriles is 1. The zero-order chi connectivity index (χ0) is 13.8. The largest absolute Gasteiger partial charge is 0.321 e. The van der Waals surface area contributed by atoms with Gasteiger partial charge in [-0.25, -0.2) is 0 Å². The Morgan fingerprint density at radius 3 is 2.58 bits per heavy atom. The maximum Gasteiger partial charge on any atom is 0.258 e. The molecule has 2 aromatic rings. The Morgan fingerprint density at radius 2 is 1.95 bits per heavy atom. The fourth-order valence-corrected chi connectivity index (χ4v) is 1.87. The number of hydrogen-bond donors (Lipinski definition) is 1. The van der Waals surface area contributed by atoms with Crippen LogP contribution in [0.3, 0.4) is 0 Å². The van der Waals surface area contributed by atoms with Crippen molar-refractivity contribution in [1.29, 1.82) is 5.26 Å². The summed E-state index contributed by atoms with van der Waals surface area (Å²) in [5, 5.41) is 11.8. The van der Waals surface area contributed by atoms with Crippen LogP contribution in [0.25, 0.3) is 0 Å². The van der Waals surface area contributed by atoms with Crippen LogP contribution in [0, 0.1) is 25.2 Å². The molecule has 1 amide bonds. The Balaban J connectivity index is 2.35. The number of hydrogen-bond acceptors (Lipinski definition) is 3. The van der Waals surface area contributed by atoms with E-state index in [4.69, 9.17) is 5.26 Å². The van der Waals surface area contributed by atoms with Gasteiger partial charge in [0.1, 0.15) is 6.07 Å². The number of anilines is 1. The van der Waals surface area contributed by atoms with Crippen LogP contribution in [-0.4, -0.2) is 10.9 Å². The molecule has 0 saturated heterocycles. The number of aromatic nitrogens is 1. The standard InChI is InChI=1S/C15H13N3O/c1-10-4-3-5-11(2)14(10)18-15(19)13-9-17-7-6-12(13)8-16/h3-7,9H,1-2H3,(H,18,19). The zero-order valence-corrected chi connectivity index (χ0v) is 10.8. The maximum absolute atomic E-state index is 12.2. The number of benzene rings is 1. The van der Waals surface area contributed by atoms with Gasteiger partial charge in [-0.05, 0) is 31.0 Å². The molecule has 0 aliphatic heterocycles. The number of carbonyl (C=O) groups excluding carboxylic acids is 1. The topological polar surface area (TPSA) is 65.8 Å². The van der Waals surface area contributed by atoms with Gasteiger partial charge in [-0.2, -0.15) is 5.26 Å². The second-order valence-corrected chi connectivity index (χ2v) is 4.25. The Morgan fingerprint density at radius 1 is 1.26 bits per heavy atom. The normalized spacial score (nSPS) is 9.74. The van der Waals surface area contributed by atoms with Gasteiger partial charge in [-0.1, -0.05) is 18.2 Å². The molecule has 0 unspecified atom stereocenters. The summed E-state index contributed by atoms with van der Waals surface area (Å²) in [5.41, 5.74) is 3.35. The summed E-state index contributed by atoms with van der Waals surface area (Å²) in [6.07, 6.45) is 2.90. The van der Waals surface area contributed by atoms with E-state index < -0.39 is 0 Å². The lowest BCUT2D eigenvalue weighted by molar-refractivity contribution is 0.102. The van der Waals surface area contributed by atoms with Crippen molar-refractivity contribution in [2.24, 2.45) is 0 Å². The molecule has 1 aromatic heterocycles. The van der Waals surface area contributed by atoms with E-state index in [0.29, 0.717) is 5.56 Å². The molecule has 19 heavy (non-hydrogen) atoms. The molecule has 1 heterocycles. The summed E-state index contributed by atoms with van der Waals surface area (Å²) >= 11 is 0. The van der Waals surface area contributed by atoms with Crippen LogP contribution >= 0.6 is 0 Å². The monoisotopic (exact) mass is 251 g/mol. The first-order chi connectivity index (χ1) is 9.13. The van der Waals surface area contributed by atoms with E-state index in [1.807, 2.05) is 38.1 Å². The summed E-state index contributed by atoms with van der Waals surface area (Å²) in [6.45, 7) is 3.86. The second kappa shape index (κ2) is 5.32. The lowest BCUT2D eigenvalue weighted by Crippen LogP contribution is -2.15. The van der Waals surface area contributed by atoms with E-state index in [9.17, 15) is 4.79 Å². The van der Waals surface area contributed by atoms with Crippen molar-refractivity contribution in [1.82, 2.24) is 4.98 Å². The summed E-state index contributed by atoms with van der Waals surface area (Å²) in [4.78, 5) is 16.1. The average Bonchev–Trinajstić information content (AvgIpc) is 2.42. The highest BCUT2D eigenvalue weighted by Crippen LogP contribution is 2.20. The van der Waals surface area contributed by atoms with Gasteiger partial charge in [-0.3, -0.25) is 9.78 Å². The number of para-hydroxylation sites is 1. The molecule has 0 saturated carbocycles. The molecule has 0 aliphatic carbocycles. The molecule has 1 aromatic carbocycles. The maximum atomic E-state index is 12.2. The van der Waals surface area contributed by atoms with E-state index in [2.05, 4.69) is 10.3 Å². The lowest BCUT2D eigenvalue weighted by Gasteiger charge is -2.11. The van der Waals surface area contributed by atoms with Crippen LogP contribution in [0.1, 0.15) is 27.0 Å². The molecular formula is C15H13N3O. The highest BCUT2D eigenvalue weighted by atomic mass is 16.1. The molecule has 0 spiro atoms. The van der Waals surface area contributed by atoms with E-state index in [0.717, 1.165) is 16.8 Å². The van der Waals surface area contributed by atoms with E-state index in [-0.39, 0.29) is 11.5 Å². The fourth-order valence-electron chi connectivity index (χ4n) is 1.87. The first kappa shape index (κ1) is 12.8. The number of carbonyl (C=O) groups is 1. The third-order valence-corrected chi connectivity index (χ3v) is 2.91. The smallest absolute Gasteiger partial charge is 0.258 e. The van der Waals surface area contributed by atoms with Gasteiger partial charge >= 0.3 is 0 Å². The van der Waals surface area contributed by atoms with Gasteiger partial charge in [0.25, 0.3) is 5.91 Å². The van der Waals surface area contributed by atoms with Crippen LogP contribution in [-0.2, 0) is 0 Å². The molecule has 1 N–H and O–H groups in total. The van der Waals surface area contributed by atoms with Crippen molar-refractivity contribution in [2.45, 2.75) is 13.8 Å². The molecule has 2 rings (SSSR count). The van der Waals surface area contributed by atoms with E-state index >= 15 is 0 Å². The van der Waals surface area contributed by atoms with E-state index in [1.165, 1.54) is 18.5 Å². The number of nitrogens with one attached hydrogen (secondary N) is 1. The van der Waals surface area contributed by atoms with Crippen molar-refractivity contribution in [3.05, 3.63) is 58.9 Å². The van der Waals surface area contributed by atoms with Crippen molar-refractivity contribution in [3.63, 3.8) is 0 Å². The molecule has 4 nitrogen and oxygen atoms in total. The summed E-state index contributed by atoms with van der Waals surface area (Å²) < 4.78 is 0. The molecule has 0 atom stereocenters. The molecule has 0 radical (unpaired) electrons. The lowest BCUT2D eigenvalue weighted by atomic mass is 10.1. The zero-order valence-electron chi connectivity index (χ0n) is 10.8. The van der Waals surface area contributed by atoms with Gasteiger partial charge < -0.3 is 5.32 Å². The first-order valence-corrected chi connectivity index (χ1v) is 5.85. The van der Waals surface area contributed by atoms with Crippen molar-refractivity contribution >= 4 is 11.6 Å². The SMILES string of the molecule is Cc1cccc(C)c1NC(=O)c1cnccc1C#N. The predicted octanol–water partition coefficient (Wildman–Crippen LogP) is 2.82. The number of rotatable bonds is 2. The third kappa shape index (κ3) is 2.61. The summed E-state index contributed by atoms with van der Waals surface area (Å²) in [5.74, 6) is -0.318. The number of aryl methyl sites for hydroxylation is 2. The predicted molar refractivity (Wildman–Crippen MR) is 72.8 cm³/mol. The van der Waals surface area contributed by atoms with Crippen LogP contribution in [0.5, 0.6) is 0 Å². The van der Waals surface area contributed by atoms with Crippen molar-refractivity contribution in [3.8, 4) is 6.07 Å². The summed E-state index contributed by atoms with van der Waals surface area (Å²) in [7, 11) is 0. The highest BCUT2D eigenvalue weighted by molar-refractivity contribution is 6.06. The van der Waals surface area contributed by atoms with E-state index in [1.54, 1.807) is 0 Å². The third-order valence-electron chi connectivity index (χ3n) is 2.91. The average molecular weight is 251 g/mol. The van der Waals surface area contributed by atoms with Crippen LogP contribution in [0.2, 0.25) is 0 Å². The first-order valence-electron chi connectivity index (χ1n) is 5.85. The number of pyridine rings is 1. The number of nitrogens with zero attached hydrogens (tertiary/aromatic N) is 2. The Labute approximate surface area is 111 Å².